The first kappa shape index (κ1) is 11.9. The van der Waals surface area contributed by atoms with Crippen LogP contribution in [0.3, 0.4) is 0 Å². The third-order valence-electron chi connectivity index (χ3n) is 2.20. The first-order chi connectivity index (χ1) is 6.42. The van der Waals surface area contributed by atoms with E-state index >= 15 is 0 Å². The minimum absolute atomic E-state index is 0.0247. The molecule has 0 saturated heterocycles. The third-order valence-corrected chi connectivity index (χ3v) is 4.23. The Morgan fingerprint density at radius 2 is 1.86 bits per heavy atom. The quantitative estimate of drug-likeness (QED) is 0.683. The number of hydrogen-bond donors (Lipinski definition) is 2. The van der Waals surface area contributed by atoms with Gasteiger partial charge in [0.1, 0.15) is 0 Å². The maximum atomic E-state index is 11.6. The van der Waals surface area contributed by atoms with E-state index in [2.05, 4.69) is 10.0 Å². The van der Waals surface area contributed by atoms with Crippen LogP contribution >= 0.6 is 0 Å². The Balaban J connectivity index is 2.35. The van der Waals surface area contributed by atoms with E-state index in [-0.39, 0.29) is 11.3 Å². The first-order valence-electron chi connectivity index (χ1n) is 5.16. The van der Waals surface area contributed by atoms with Crippen LogP contribution in [0.5, 0.6) is 0 Å². The van der Waals surface area contributed by atoms with Crippen LogP contribution in [0.1, 0.15) is 33.6 Å². The van der Waals surface area contributed by atoms with Gasteiger partial charge >= 0.3 is 0 Å². The summed E-state index contributed by atoms with van der Waals surface area (Å²) in [5.74, 6) is 0. The molecule has 1 saturated carbocycles. The van der Waals surface area contributed by atoms with Gasteiger partial charge in [-0.3, -0.25) is 0 Å². The summed E-state index contributed by atoms with van der Waals surface area (Å²) in [5.41, 5.74) is 0. The highest BCUT2D eigenvalue weighted by molar-refractivity contribution is 7.90. The number of nitrogens with one attached hydrogen (secondary N) is 2. The van der Waals surface area contributed by atoms with Crippen LogP contribution in [0.15, 0.2) is 0 Å². The molecule has 1 fully saturated rings. The summed E-state index contributed by atoms with van der Waals surface area (Å²) >= 11 is 0. The Labute approximate surface area is 86.5 Å². The second-order valence-electron chi connectivity index (χ2n) is 4.31. The molecule has 0 amide bonds. The molecule has 0 aliphatic heterocycles. The van der Waals surface area contributed by atoms with Crippen molar-refractivity contribution in [2.45, 2.75) is 50.9 Å². The average Bonchev–Trinajstić information content (AvgIpc) is 2.80. The molecule has 5 heteroatoms. The smallest absolute Gasteiger partial charge is 0.215 e. The third kappa shape index (κ3) is 3.94. The van der Waals surface area contributed by atoms with Crippen molar-refractivity contribution >= 4 is 10.0 Å². The van der Waals surface area contributed by atoms with Gasteiger partial charge in [0.2, 0.25) is 10.0 Å². The van der Waals surface area contributed by atoms with Gasteiger partial charge in [-0.1, -0.05) is 0 Å². The zero-order valence-electron chi connectivity index (χ0n) is 9.08. The fourth-order valence-corrected chi connectivity index (χ4v) is 2.38. The summed E-state index contributed by atoms with van der Waals surface area (Å²) < 4.78 is 25.8. The topological polar surface area (TPSA) is 58.2 Å². The first-order valence-corrected chi connectivity index (χ1v) is 6.71. The second-order valence-corrected chi connectivity index (χ2v) is 6.44. The summed E-state index contributed by atoms with van der Waals surface area (Å²) in [6, 6.07) is 0.537. The van der Waals surface area contributed by atoms with Crippen molar-refractivity contribution in [3.8, 4) is 0 Å². The largest absolute Gasteiger partial charge is 0.313 e. The maximum absolute atomic E-state index is 11.6. The predicted octanol–water partition coefficient (Wildman–Crippen LogP) is 0.455. The monoisotopic (exact) mass is 220 g/mol. The van der Waals surface area contributed by atoms with Crippen molar-refractivity contribution in [2.24, 2.45) is 0 Å². The zero-order valence-corrected chi connectivity index (χ0v) is 9.89. The molecule has 14 heavy (non-hydrogen) atoms. The summed E-state index contributed by atoms with van der Waals surface area (Å²) in [6.07, 6.45) is 2.37. The van der Waals surface area contributed by atoms with Crippen LogP contribution < -0.4 is 10.0 Å². The number of sulfonamides is 1. The van der Waals surface area contributed by atoms with E-state index in [1.54, 1.807) is 6.92 Å². The van der Waals surface area contributed by atoms with E-state index in [0.717, 1.165) is 0 Å². The van der Waals surface area contributed by atoms with Gasteiger partial charge in [-0.2, -0.15) is 0 Å². The Kier molecular flexibility index (Phi) is 3.92. The standard InChI is InChI=1S/C9H20N2O2S/c1-7(2)11-14(12,13)8(3)6-10-9-4-5-9/h7-11H,4-6H2,1-3H3. The fraction of sp³-hybridized carbons (Fsp3) is 1.00. The summed E-state index contributed by atoms with van der Waals surface area (Å²) in [7, 11) is -3.14. The molecular formula is C9H20N2O2S. The molecule has 1 rings (SSSR count). The second kappa shape index (κ2) is 4.59. The van der Waals surface area contributed by atoms with E-state index in [0.29, 0.717) is 12.6 Å². The van der Waals surface area contributed by atoms with Gasteiger partial charge in [-0.05, 0) is 33.6 Å². The molecule has 0 aromatic heterocycles. The van der Waals surface area contributed by atoms with Gasteiger partial charge in [0.25, 0.3) is 0 Å². The van der Waals surface area contributed by atoms with Crippen molar-refractivity contribution in [3.63, 3.8) is 0 Å². The lowest BCUT2D eigenvalue weighted by Gasteiger charge is -2.16. The Bertz CT molecular complexity index is 271. The highest BCUT2D eigenvalue weighted by atomic mass is 32.2. The Hall–Kier alpha value is -0.130. The molecule has 4 nitrogen and oxygen atoms in total. The van der Waals surface area contributed by atoms with Crippen molar-refractivity contribution in [1.82, 2.24) is 10.0 Å². The Morgan fingerprint density at radius 3 is 2.29 bits per heavy atom. The summed E-state index contributed by atoms with van der Waals surface area (Å²) in [6.45, 7) is 5.95. The molecule has 1 aliphatic carbocycles. The number of rotatable bonds is 6. The van der Waals surface area contributed by atoms with Crippen molar-refractivity contribution in [2.75, 3.05) is 6.54 Å². The maximum Gasteiger partial charge on any atom is 0.215 e. The molecule has 1 unspecified atom stereocenters. The van der Waals surface area contributed by atoms with E-state index in [1.807, 2.05) is 13.8 Å². The SMILES string of the molecule is CC(C)NS(=O)(=O)C(C)CNC1CC1. The molecule has 0 radical (unpaired) electrons. The minimum atomic E-state index is -3.14. The molecule has 1 aliphatic rings. The lowest BCUT2D eigenvalue weighted by molar-refractivity contribution is 0.547. The van der Waals surface area contributed by atoms with Gasteiger partial charge in [0.15, 0.2) is 0 Å². The van der Waals surface area contributed by atoms with E-state index in [9.17, 15) is 8.42 Å². The lowest BCUT2D eigenvalue weighted by atomic mass is 10.4. The van der Waals surface area contributed by atoms with Gasteiger partial charge < -0.3 is 5.32 Å². The Morgan fingerprint density at radius 1 is 1.29 bits per heavy atom. The lowest BCUT2D eigenvalue weighted by Crippen LogP contribution is -2.42. The van der Waals surface area contributed by atoms with Gasteiger partial charge in [0.05, 0.1) is 5.25 Å². The predicted molar refractivity (Wildman–Crippen MR) is 57.7 cm³/mol. The van der Waals surface area contributed by atoms with Crippen molar-refractivity contribution < 1.29 is 8.42 Å². The molecule has 1 atom stereocenters. The molecule has 0 aromatic carbocycles. The van der Waals surface area contributed by atoms with Crippen molar-refractivity contribution in [1.29, 1.82) is 0 Å². The van der Waals surface area contributed by atoms with E-state index in [4.69, 9.17) is 0 Å². The number of hydrogen-bond acceptors (Lipinski definition) is 3. The van der Waals surface area contributed by atoms with Crippen LogP contribution in [-0.2, 0) is 10.0 Å². The average molecular weight is 220 g/mol. The summed E-state index contributed by atoms with van der Waals surface area (Å²) in [4.78, 5) is 0. The molecule has 84 valence electrons. The van der Waals surface area contributed by atoms with Crippen LogP contribution in [0, 0.1) is 0 Å². The molecule has 2 N–H and O–H groups in total. The van der Waals surface area contributed by atoms with E-state index in [1.165, 1.54) is 12.8 Å². The van der Waals surface area contributed by atoms with Crippen LogP contribution in [0.4, 0.5) is 0 Å². The van der Waals surface area contributed by atoms with Gasteiger partial charge in [-0.25, -0.2) is 13.1 Å². The molecular weight excluding hydrogens is 200 g/mol. The van der Waals surface area contributed by atoms with Crippen LogP contribution in [-0.4, -0.2) is 32.3 Å². The molecule has 0 heterocycles. The molecule has 0 aromatic rings. The van der Waals surface area contributed by atoms with Gasteiger partial charge in [-0.15, -0.1) is 0 Å². The summed E-state index contributed by atoms with van der Waals surface area (Å²) in [5, 5.41) is 2.86. The molecule has 0 spiro atoms. The normalized spacial score (nSPS) is 20.0. The minimum Gasteiger partial charge on any atom is -0.313 e. The van der Waals surface area contributed by atoms with Crippen molar-refractivity contribution in [3.05, 3.63) is 0 Å². The van der Waals surface area contributed by atoms with Gasteiger partial charge in [0, 0.05) is 18.6 Å². The highest BCUT2D eigenvalue weighted by Crippen LogP contribution is 2.18. The molecule has 0 bridgehead atoms. The van der Waals surface area contributed by atoms with E-state index < -0.39 is 10.0 Å². The van der Waals surface area contributed by atoms with Crippen LogP contribution in [0.25, 0.3) is 0 Å². The van der Waals surface area contributed by atoms with Crippen LogP contribution in [0.2, 0.25) is 0 Å². The highest BCUT2D eigenvalue weighted by Gasteiger charge is 2.25. The zero-order chi connectivity index (χ0) is 10.8. The fourth-order valence-electron chi connectivity index (χ4n) is 1.17.